The third-order valence-electron chi connectivity index (χ3n) is 5.52. The van der Waals surface area contributed by atoms with Gasteiger partial charge in [0, 0.05) is 17.5 Å². The van der Waals surface area contributed by atoms with E-state index in [0.717, 1.165) is 10.9 Å². The van der Waals surface area contributed by atoms with E-state index in [4.69, 9.17) is 9.47 Å². The molecule has 2 aromatic carbocycles. The highest BCUT2D eigenvalue weighted by Gasteiger charge is 2.38. The van der Waals surface area contributed by atoms with Gasteiger partial charge in [-0.1, -0.05) is 18.2 Å². The third kappa shape index (κ3) is 6.95. The van der Waals surface area contributed by atoms with Crippen LogP contribution < -0.4 is 9.47 Å². The summed E-state index contributed by atoms with van der Waals surface area (Å²) in [5.41, 5.74) is -2.75. The van der Waals surface area contributed by atoms with Crippen LogP contribution in [-0.4, -0.2) is 30.1 Å². The van der Waals surface area contributed by atoms with Gasteiger partial charge in [-0.3, -0.25) is 4.79 Å². The fourth-order valence-corrected chi connectivity index (χ4v) is 5.24. The van der Waals surface area contributed by atoms with Gasteiger partial charge in [0.15, 0.2) is 16.7 Å². The number of thioether (sulfide) groups is 1. The van der Waals surface area contributed by atoms with Crippen molar-refractivity contribution in [3.63, 3.8) is 0 Å². The molecule has 0 atom stereocenters. The number of ether oxygens (including phenoxy) is 2. The van der Waals surface area contributed by atoms with E-state index >= 15 is 0 Å². The Morgan fingerprint density at radius 2 is 1.77 bits per heavy atom. The Morgan fingerprint density at radius 1 is 1.00 bits per heavy atom. The summed E-state index contributed by atoms with van der Waals surface area (Å²) in [5.74, 6) is -0.170. The molecule has 0 saturated heterocycles. The first-order valence-corrected chi connectivity index (χ1v) is 12.9. The molecule has 2 heterocycles. The Balaban J connectivity index is 1.48. The molecule has 0 spiro atoms. The van der Waals surface area contributed by atoms with Gasteiger partial charge in [-0.05, 0) is 59.1 Å². The van der Waals surface area contributed by atoms with E-state index < -0.39 is 41.6 Å². The Morgan fingerprint density at radius 3 is 2.41 bits per heavy atom. The first-order chi connectivity index (χ1) is 18.3. The maximum absolute atomic E-state index is 13.4. The molecule has 0 saturated carbocycles. The molecule has 13 heteroatoms. The van der Waals surface area contributed by atoms with Gasteiger partial charge in [0.05, 0.1) is 29.7 Å². The van der Waals surface area contributed by atoms with Crippen molar-refractivity contribution in [1.29, 1.82) is 0 Å². The topological polar surface area (TPSA) is 51.1 Å². The minimum atomic E-state index is -5.01. The monoisotopic (exact) mass is 586 g/mol. The fourth-order valence-electron chi connectivity index (χ4n) is 3.61. The molecule has 0 N–H and O–H groups in total. The first-order valence-electron chi connectivity index (χ1n) is 11.2. The predicted molar refractivity (Wildman–Crippen MR) is 138 cm³/mol. The summed E-state index contributed by atoms with van der Waals surface area (Å²) in [6.45, 7) is -0.0508. The highest BCUT2D eigenvalue weighted by Crippen LogP contribution is 2.39. The van der Waals surface area contributed by atoms with Crippen LogP contribution in [0.3, 0.4) is 0 Å². The number of hydrogen-bond acceptors (Lipinski definition) is 6. The van der Waals surface area contributed by atoms with Crippen LogP contribution >= 0.6 is 23.1 Å². The van der Waals surface area contributed by atoms with Crippen molar-refractivity contribution in [1.82, 2.24) is 4.90 Å². The molecule has 0 bridgehead atoms. The van der Waals surface area contributed by atoms with E-state index in [1.54, 1.807) is 23.5 Å². The Kier molecular flexibility index (Phi) is 8.31. The normalized spacial score (nSPS) is 15.0. The van der Waals surface area contributed by atoms with Gasteiger partial charge in [-0.2, -0.15) is 31.3 Å². The van der Waals surface area contributed by atoms with Crippen molar-refractivity contribution in [2.24, 2.45) is 4.99 Å². The second-order valence-corrected chi connectivity index (χ2v) is 10.4. The van der Waals surface area contributed by atoms with Gasteiger partial charge in [0.1, 0.15) is 6.61 Å². The molecule has 39 heavy (non-hydrogen) atoms. The number of amides is 1. The molecule has 4 rings (SSSR count). The number of aliphatic imine (C=N–C) groups is 1. The van der Waals surface area contributed by atoms with Gasteiger partial charge in [-0.25, -0.2) is 0 Å². The quantitative estimate of drug-likeness (QED) is 0.212. The van der Waals surface area contributed by atoms with Crippen molar-refractivity contribution in [2.45, 2.75) is 25.5 Å². The molecule has 1 aromatic heterocycles. The van der Waals surface area contributed by atoms with Crippen LogP contribution in [0.4, 0.5) is 26.3 Å². The lowest BCUT2D eigenvalue weighted by Gasteiger charge is -2.17. The van der Waals surface area contributed by atoms with E-state index in [2.05, 4.69) is 4.99 Å². The lowest BCUT2D eigenvalue weighted by Crippen LogP contribution is -2.21. The highest BCUT2D eigenvalue weighted by molar-refractivity contribution is 8.18. The number of nitrogens with zero attached hydrogens (tertiary/aromatic N) is 2. The van der Waals surface area contributed by atoms with E-state index in [0.29, 0.717) is 28.2 Å². The minimum absolute atomic E-state index is 0.0652. The number of rotatable bonds is 7. The van der Waals surface area contributed by atoms with Gasteiger partial charge < -0.3 is 14.4 Å². The molecule has 5 nitrogen and oxygen atoms in total. The van der Waals surface area contributed by atoms with E-state index in [9.17, 15) is 31.1 Å². The number of benzene rings is 2. The molecule has 0 unspecified atom stereocenters. The Bertz CT molecular complexity index is 1420. The number of thiophene rings is 1. The summed E-state index contributed by atoms with van der Waals surface area (Å²) >= 11 is 2.80. The summed E-state index contributed by atoms with van der Waals surface area (Å²) in [5, 5.41) is 2.51. The standard InChI is InChI=1S/C26H20F6N2O3S2/c1-34(13-18-4-3-9-38-18)24-33-23(35)22(39-24)11-15-5-8-20(21(10-15)36-2)37-14-16-6-7-17(25(27,28)29)12-19(16)26(30,31)32/h3-12H,13-14H2,1-2H3/b22-11+. The van der Waals surface area contributed by atoms with Crippen molar-refractivity contribution >= 4 is 40.2 Å². The molecule has 1 aliphatic heterocycles. The van der Waals surface area contributed by atoms with Crippen LogP contribution in [0.25, 0.3) is 6.08 Å². The molecular weight excluding hydrogens is 566 g/mol. The second-order valence-electron chi connectivity index (χ2n) is 8.31. The van der Waals surface area contributed by atoms with Crippen molar-refractivity contribution < 1.29 is 40.6 Å². The maximum Gasteiger partial charge on any atom is 0.416 e. The molecule has 1 aliphatic rings. The van der Waals surface area contributed by atoms with Crippen LogP contribution in [0, 0.1) is 0 Å². The zero-order valence-electron chi connectivity index (χ0n) is 20.4. The van der Waals surface area contributed by atoms with Gasteiger partial charge in [0.25, 0.3) is 5.91 Å². The van der Waals surface area contributed by atoms with Crippen LogP contribution in [0.15, 0.2) is 63.8 Å². The lowest BCUT2D eigenvalue weighted by molar-refractivity contribution is -0.143. The molecule has 3 aromatic rings. The number of amidine groups is 1. The van der Waals surface area contributed by atoms with Gasteiger partial charge in [0.2, 0.25) is 0 Å². The SMILES string of the molecule is COc1cc(/C=C2/SC(N(C)Cc3cccs3)=NC2=O)ccc1OCc1ccc(C(F)(F)F)cc1C(F)(F)F. The van der Waals surface area contributed by atoms with Crippen molar-refractivity contribution in [2.75, 3.05) is 14.2 Å². The molecular formula is C26H20F6N2O3S2. The predicted octanol–water partition coefficient (Wildman–Crippen LogP) is 7.48. The van der Waals surface area contributed by atoms with E-state index in [1.807, 2.05) is 29.5 Å². The van der Waals surface area contributed by atoms with Crippen molar-refractivity contribution in [3.8, 4) is 11.5 Å². The first kappa shape index (κ1) is 28.6. The highest BCUT2D eigenvalue weighted by atomic mass is 32.2. The summed E-state index contributed by atoms with van der Waals surface area (Å²) in [6.07, 6.45) is -8.33. The van der Waals surface area contributed by atoms with Gasteiger partial charge in [-0.15, -0.1) is 11.3 Å². The van der Waals surface area contributed by atoms with E-state index in [-0.39, 0.29) is 17.6 Å². The number of methoxy groups -OCH3 is 1. The minimum Gasteiger partial charge on any atom is -0.493 e. The molecule has 0 radical (unpaired) electrons. The number of carbonyl (C=O) groups excluding carboxylic acids is 1. The van der Waals surface area contributed by atoms with Crippen LogP contribution in [-0.2, 0) is 30.3 Å². The fraction of sp³-hybridized carbons (Fsp3) is 0.231. The maximum atomic E-state index is 13.4. The van der Waals surface area contributed by atoms with Crippen LogP contribution in [0.2, 0.25) is 0 Å². The number of halogens is 6. The summed E-state index contributed by atoms with van der Waals surface area (Å²) < 4.78 is 89.9. The third-order valence-corrected chi connectivity index (χ3v) is 7.48. The molecule has 1 amide bonds. The lowest BCUT2D eigenvalue weighted by atomic mass is 10.0. The Labute approximate surface area is 227 Å². The largest absolute Gasteiger partial charge is 0.493 e. The van der Waals surface area contributed by atoms with Crippen molar-refractivity contribution in [3.05, 3.63) is 85.9 Å². The van der Waals surface area contributed by atoms with Crippen LogP contribution in [0.5, 0.6) is 11.5 Å². The van der Waals surface area contributed by atoms with E-state index in [1.165, 1.54) is 31.0 Å². The zero-order chi connectivity index (χ0) is 28.4. The number of hydrogen-bond donors (Lipinski definition) is 0. The summed E-state index contributed by atoms with van der Waals surface area (Å²) in [7, 11) is 3.16. The average molecular weight is 587 g/mol. The zero-order valence-corrected chi connectivity index (χ0v) is 22.0. The second kappa shape index (κ2) is 11.3. The van der Waals surface area contributed by atoms with Gasteiger partial charge >= 0.3 is 12.4 Å². The smallest absolute Gasteiger partial charge is 0.416 e. The molecule has 0 fully saturated rings. The number of carbonyl (C=O) groups is 1. The summed E-state index contributed by atoms with van der Waals surface area (Å²) in [4.78, 5) is 19.9. The Hall–Kier alpha value is -3.45. The summed E-state index contributed by atoms with van der Waals surface area (Å²) in [6, 6.07) is 9.85. The molecule has 0 aliphatic carbocycles. The molecule has 206 valence electrons. The van der Waals surface area contributed by atoms with Crippen LogP contribution in [0.1, 0.15) is 27.1 Å². The number of alkyl halides is 6. The average Bonchev–Trinajstić information content (AvgIpc) is 3.51.